The molecular weight excluding hydrogens is 228 g/mol. The van der Waals surface area contributed by atoms with Crippen LogP contribution in [0.2, 0.25) is 0 Å². The predicted molar refractivity (Wildman–Crippen MR) is 69.6 cm³/mol. The number of aromatic nitrogens is 1. The van der Waals surface area contributed by atoms with Crippen molar-refractivity contribution in [2.24, 2.45) is 0 Å². The maximum absolute atomic E-state index is 10.8. The minimum atomic E-state index is -0.886. The summed E-state index contributed by atoms with van der Waals surface area (Å²) >= 11 is 0. The Balaban J connectivity index is 1.79. The van der Waals surface area contributed by atoms with E-state index >= 15 is 0 Å². The van der Waals surface area contributed by atoms with E-state index in [1.165, 1.54) is 5.69 Å². The van der Waals surface area contributed by atoms with Crippen LogP contribution in [-0.4, -0.2) is 22.6 Å². The van der Waals surface area contributed by atoms with Crippen LogP contribution in [0, 0.1) is 0 Å². The molecule has 18 heavy (non-hydrogen) atoms. The van der Waals surface area contributed by atoms with Gasteiger partial charge in [-0.1, -0.05) is 12.1 Å². The van der Waals surface area contributed by atoms with Crippen molar-refractivity contribution in [2.75, 3.05) is 6.54 Å². The predicted octanol–water partition coefficient (Wildman–Crippen LogP) is 2.05. The highest BCUT2D eigenvalue weighted by molar-refractivity contribution is 5.87. The zero-order valence-corrected chi connectivity index (χ0v) is 10.0. The van der Waals surface area contributed by atoms with Crippen LogP contribution in [0.1, 0.15) is 21.6 Å². The molecule has 1 heterocycles. The Morgan fingerprint density at radius 2 is 2.17 bits per heavy atom. The monoisotopic (exact) mass is 244 g/mol. The van der Waals surface area contributed by atoms with Crippen molar-refractivity contribution < 1.29 is 9.90 Å². The second kappa shape index (κ2) is 6.02. The van der Waals surface area contributed by atoms with Gasteiger partial charge in [0.25, 0.3) is 0 Å². The molecule has 0 aliphatic heterocycles. The highest BCUT2D eigenvalue weighted by Crippen LogP contribution is 2.05. The van der Waals surface area contributed by atoms with E-state index in [2.05, 4.69) is 10.3 Å². The maximum atomic E-state index is 10.8. The van der Waals surface area contributed by atoms with Crippen LogP contribution >= 0.6 is 0 Å². The van der Waals surface area contributed by atoms with E-state index in [1.807, 2.05) is 24.4 Å². The number of carbonyl (C=O) groups is 1. The lowest BCUT2D eigenvalue weighted by molar-refractivity contribution is 0.0696. The number of benzene rings is 1. The second-order valence-corrected chi connectivity index (χ2v) is 4.13. The van der Waals surface area contributed by atoms with Crippen LogP contribution in [0.15, 0.2) is 42.6 Å². The van der Waals surface area contributed by atoms with Crippen LogP contribution in [0.5, 0.6) is 0 Å². The first-order valence-electron chi connectivity index (χ1n) is 5.91. The number of rotatable bonds is 6. The lowest BCUT2D eigenvalue weighted by Gasteiger charge is -2.05. The van der Waals surface area contributed by atoms with E-state index in [4.69, 9.17) is 5.11 Å². The van der Waals surface area contributed by atoms with Crippen molar-refractivity contribution in [3.8, 4) is 0 Å². The molecule has 0 unspecified atom stereocenters. The van der Waals surface area contributed by atoms with Gasteiger partial charge in [-0.05, 0) is 36.2 Å². The van der Waals surface area contributed by atoms with Gasteiger partial charge in [-0.3, -0.25) is 0 Å². The van der Waals surface area contributed by atoms with E-state index in [9.17, 15) is 4.79 Å². The van der Waals surface area contributed by atoms with Gasteiger partial charge in [0.1, 0.15) is 0 Å². The van der Waals surface area contributed by atoms with E-state index in [-0.39, 0.29) is 0 Å². The molecule has 2 rings (SSSR count). The fourth-order valence-electron chi connectivity index (χ4n) is 1.79. The SMILES string of the molecule is O=C(O)c1cccc(CNCCc2ccc[nH]2)c1. The second-order valence-electron chi connectivity index (χ2n) is 4.13. The smallest absolute Gasteiger partial charge is 0.335 e. The lowest BCUT2D eigenvalue weighted by atomic mass is 10.1. The highest BCUT2D eigenvalue weighted by Gasteiger charge is 2.02. The first-order chi connectivity index (χ1) is 8.75. The van der Waals surface area contributed by atoms with Gasteiger partial charge in [0.05, 0.1) is 5.56 Å². The quantitative estimate of drug-likeness (QED) is 0.681. The summed E-state index contributed by atoms with van der Waals surface area (Å²) in [6, 6.07) is 11.0. The van der Waals surface area contributed by atoms with Gasteiger partial charge in [-0.25, -0.2) is 4.79 Å². The van der Waals surface area contributed by atoms with Crippen LogP contribution in [0.25, 0.3) is 0 Å². The zero-order valence-electron chi connectivity index (χ0n) is 10.0. The van der Waals surface area contributed by atoms with Gasteiger partial charge in [-0.2, -0.15) is 0 Å². The van der Waals surface area contributed by atoms with Gasteiger partial charge in [0.2, 0.25) is 0 Å². The Bertz CT molecular complexity index is 506. The average Bonchev–Trinajstić information content (AvgIpc) is 2.88. The molecule has 0 aliphatic carbocycles. The van der Waals surface area contributed by atoms with E-state index in [0.29, 0.717) is 12.1 Å². The third-order valence-electron chi connectivity index (χ3n) is 2.74. The van der Waals surface area contributed by atoms with Crippen LogP contribution in [0.4, 0.5) is 0 Å². The number of H-pyrrole nitrogens is 1. The summed E-state index contributed by atoms with van der Waals surface area (Å²) in [7, 11) is 0. The molecule has 0 radical (unpaired) electrons. The van der Waals surface area contributed by atoms with Crippen molar-refractivity contribution >= 4 is 5.97 Å². The fraction of sp³-hybridized carbons (Fsp3) is 0.214. The molecule has 3 N–H and O–H groups in total. The van der Waals surface area contributed by atoms with Crippen LogP contribution < -0.4 is 5.32 Å². The average molecular weight is 244 g/mol. The molecule has 4 heteroatoms. The van der Waals surface area contributed by atoms with Crippen molar-refractivity contribution in [1.82, 2.24) is 10.3 Å². The molecular formula is C14H16N2O2. The number of hydrogen-bond donors (Lipinski definition) is 3. The largest absolute Gasteiger partial charge is 0.478 e. The van der Waals surface area contributed by atoms with Crippen LogP contribution in [0.3, 0.4) is 0 Å². The minimum absolute atomic E-state index is 0.332. The summed E-state index contributed by atoms with van der Waals surface area (Å²) in [6.07, 6.45) is 2.84. The van der Waals surface area contributed by atoms with Crippen molar-refractivity contribution in [2.45, 2.75) is 13.0 Å². The van der Waals surface area contributed by atoms with Gasteiger partial charge < -0.3 is 15.4 Å². The summed E-state index contributed by atoms with van der Waals surface area (Å²) in [5.74, 6) is -0.886. The maximum Gasteiger partial charge on any atom is 0.335 e. The van der Waals surface area contributed by atoms with Gasteiger partial charge in [0, 0.05) is 25.0 Å². The third kappa shape index (κ3) is 3.46. The van der Waals surface area contributed by atoms with Crippen molar-refractivity contribution in [3.63, 3.8) is 0 Å². The molecule has 0 saturated heterocycles. The Hall–Kier alpha value is -2.07. The number of carboxylic acid groups (broad SMARTS) is 1. The number of carboxylic acids is 1. The van der Waals surface area contributed by atoms with Crippen molar-refractivity contribution in [1.29, 1.82) is 0 Å². The van der Waals surface area contributed by atoms with Gasteiger partial charge in [0.15, 0.2) is 0 Å². The summed E-state index contributed by atoms with van der Waals surface area (Å²) in [5.41, 5.74) is 2.52. The lowest BCUT2D eigenvalue weighted by Crippen LogP contribution is -2.17. The molecule has 2 aromatic rings. The normalized spacial score (nSPS) is 10.4. The molecule has 1 aromatic heterocycles. The minimum Gasteiger partial charge on any atom is -0.478 e. The Labute approximate surface area is 106 Å². The molecule has 0 saturated carbocycles. The summed E-state index contributed by atoms with van der Waals surface area (Å²) < 4.78 is 0. The molecule has 0 aliphatic rings. The van der Waals surface area contributed by atoms with Gasteiger partial charge in [-0.15, -0.1) is 0 Å². The number of aromatic carboxylic acids is 1. The van der Waals surface area contributed by atoms with E-state index in [1.54, 1.807) is 18.2 Å². The van der Waals surface area contributed by atoms with E-state index < -0.39 is 5.97 Å². The topological polar surface area (TPSA) is 65.1 Å². The first-order valence-corrected chi connectivity index (χ1v) is 5.91. The molecule has 0 fully saturated rings. The molecule has 1 aromatic carbocycles. The number of aromatic amines is 1. The first kappa shape index (κ1) is 12.4. The third-order valence-corrected chi connectivity index (χ3v) is 2.74. The molecule has 94 valence electrons. The van der Waals surface area contributed by atoms with E-state index in [0.717, 1.165) is 18.5 Å². The fourth-order valence-corrected chi connectivity index (χ4v) is 1.79. The van der Waals surface area contributed by atoms with Crippen LogP contribution in [-0.2, 0) is 13.0 Å². The highest BCUT2D eigenvalue weighted by atomic mass is 16.4. The standard InChI is InChI=1S/C14H16N2O2/c17-14(18)12-4-1-3-11(9-12)10-15-8-6-13-5-2-7-16-13/h1-5,7,9,15-16H,6,8,10H2,(H,17,18). The Morgan fingerprint density at radius 1 is 1.28 bits per heavy atom. The van der Waals surface area contributed by atoms with Gasteiger partial charge >= 0.3 is 5.97 Å². The molecule has 0 amide bonds. The molecule has 4 nitrogen and oxygen atoms in total. The van der Waals surface area contributed by atoms with Crippen molar-refractivity contribution in [3.05, 3.63) is 59.4 Å². The summed E-state index contributed by atoms with van der Waals surface area (Å²) in [4.78, 5) is 14.0. The zero-order chi connectivity index (χ0) is 12.8. The Kier molecular flexibility index (Phi) is 4.15. The molecule has 0 atom stereocenters. The Morgan fingerprint density at radius 3 is 2.89 bits per heavy atom. The number of hydrogen-bond acceptors (Lipinski definition) is 2. The summed E-state index contributed by atoms with van der Waals surface area (Å²) in [5, 5.41) is 12.2. The molecule has 0 bridgehead atoms. The molecule has 0 spiro atoms. The number of nitrogens with one attached hydrogen (secondary N) is 2. The summed E-state index contributed by atoms with van der Waals surface area (Å²) in [6.45, 7) is 1.54.